The van der Waals surface area contributed by atoms with Gasteiger partial charge in [-0.3, -0.25) is 9.36 Å². The maximum absolute atomic E-state index is 13.3. The maximum Gasteiger partial charge on any atom is 0.336 e. The van der Waals surface area contributed by atoms with E-state index in [1.54, 1.807) is 10.6 Å². The normalized spacial score (nSPS) is 11.0. The Hall–Kier alpha value is -3.40. The first-order valence-electron chi connectivity index (χ1n) is 8.92. The van der Waals surface area contributed by atoms with E-state index in [2.05, 4.69) is 0 Å². The van der Waals surface area contributed by atoms with E-state index in [4.69, 9.17) is 0 Å². The summed E-state index contributed by atoms with van der Waals surface area (Å²) in [6.45, 7) is 4.40. The van der Waals surface area contributed by atoms with Crippen LogP contribution in [0.15, 0.2) is 82.4 Å². The van der Waals surface area contributed by atoms with E-state index in [1.165, 1.54) is 4.57 Å². The van der Waals surface area contributed by atoms with Crippen LogP contribution in [-0.4, -0.2) is 9.13 Å². The Morgan fingerprint density at radius 3 is 2.22 bits per heavy atom. The van der Waals surface area contributed by atoms with Crippen molar-refractivity contribution >= 4 is 10.9 Å². The zero-order valence-corrected chi connectivity index (χ0v) is 15.3. The molecule has 1 heterocycles. The zero-order valence-electron chi connectivity index (χ0n) is 15.3. The van der Waals surface area contributed by atoms with Crippen LogP contribution in [0.5, 0.6) is 0 Å². The van der Waals surface area contributed by atoms with Crippen LogP contribution in [0.4, 0.5) is 0 Å². The van der Waals surface area contributed by atoms with Gasteiger partial charge in [0.25, 0.3) is 5.56 Å². The number of hydrogen-bond donors (Lipinski definition) is 0. The molecule has 0 spiro atoms. The van der Waals surface area contributed by atoms with Crippen LogP contribution in [0.25, 0.3) is 16.6 Å². The molecular weight excluding hydrogens is 336 g/mol. The molecule has 0 fully saturated rings. The van der Waals surface area contributed by atoms with E-state index in [-0.39, 0.29) is 11.2 Å². The molecule has 0 unspecified atom stereocenters. The van der Waals surface area contributed by atoms with Gasteiger partial charge in [-0.15, -0.1) is 0 Å². The van der Waals surface area contributed by atoms with Gasteiger partial charge in [-0.2, -0.15) is 0 Å². The SMILES string of the molecule is Cc1ccc(-n2c(=O)c3ccccc3n(Cc3ccccc3)c2=O)cc1C. The molecule has 134 valence electrons. The van der Waals surface area contributed by atoms with Crippen LogP contribution in [-0.2, 0) is 6.54 Å². The Bertz CT molecular complexity index is 1250. The Morgan fingerprint density at radius 2 is 1.48 bits per heavy atom. The average Bonchev–Trinajstić information content (AvgIpc) is 2.69. The van der Waals surface area contributed by atoms with Crippen molar-refractivity contribution in [2.24, 2.45) is 0 Å². The molecule has 3 aromatic carbocycles. The number of aromatic nitrogens is 2. The van der Waals surface area contributed by atoms with Gasteiger partial charge in [-0.1, -0.05) is 48.5 Å². The van der Waals surface area contributed by atoms with Crippen molar-refractivity contribution in [3.05, 3.63) is 110 Å². The number of benzene rings is 3. The summed E-state index contributed by atoms with van der Waals surface area (Å²) in [5.74, 6) is 0. The van der Waals surface area contributed by atoms with Crippen LogP contribution >= 0.6 is 0 Å². The zero-order chi connectivity index (χ0) is 19.0. The molecule has 0 saturated heterocycles. The fourth-order valence-corrected chi connectivity index (χ4v) is 3.33. The fraction of sp³-hybridized carbons (Fsp3) is 0.130. The van der Waals surface area contributed by atoms with Gasteiger partial charge in [0.1, 0.15) is 0 Å². The van der Waals surface area contributed by atoms with Crippen molar-refractivity contribution in [2.45, 2.75) is 20.4 Å². The standard InChI is InChI=1S/C23H20N2O2/c1-16-12-13-19(14-17(16)2)25-22(26)20-10-6-7-11-21(20)24(23(25)27)15-18-8-4-3-5-9-18/h3-14H,15H2,1-2H3. The molecule has 0 aliphatic rings. The van der Waals surface area contributed by atoms with Gasteiger partial charge >= 0.3 is 5.69 Å². The van der Waals surface area contributed by atoms with E-state index < -0.39 is 0 Å². The van der Waals surface area contributed by atoms with E-state index >= 15 is 0 Å². The molecule has 27 heavy (non-hydrogen) atoms. The number of rotatable bonds is 3. The second kappa shape index (κ2) is 6.72. The van der Waals surface area contributed by atoms with E-state index in [0.29, 0.717) is 23.1 Å². The summed E-state index contributed by atoms with van der Waals surface area (Å²) in [7, 11) is 0. The van der Waals surface area contributed by atoms with Crippen LogP contribution in [0.2, 0.25) is 0 Å². The van der Waals surface area contributed by atoms with Gasteiger partial charge in [-0.25, -0.2) is 9.36 Å². The maximum atomic E-state index is 13.3. The molecule has 0 saturated carbocycles. The molecule has 0 atom stereocenters. The molecule has 0 aliphatic carbocycles. The van der Waals surface area contributed by atoms with Gasteiger partial charge in [-0.05, 0) is 54.8 Å². The summed E-state index contributed by atoms with van der Waals surface area (Å²) in [5, 5.41) is 0.534. The third-order valence-corrected chi connectivity index (χ3v) is 4.98. The van der Waals surface area contributed by atoms with Crippen molar-refractivity contribution in [1.82, 2.24) is 9.13 Å². The number of para-hydroxylation sites is 1. The Balaban J connectivity index is 2.04. The highest BCUT2D eigenvalue weighted by atomic mass is 16.2. The van der Waals surface area contributed by atoms with Crippen molar-refractivity contribution in [1.29, 1.82) is 0 Å². The van der Waals surface area contributed by atoms with Gasteiger partial charge in [0.05, 0.1) is 23.1 Å². The fourth-order valence-electron chi connectivity index (χ4n) is 3.33. The highest BCUT2D eigenvalue weighted by Crippen LogP contribution is 2.14. The largest absolute Gasteiger partial charge is 0.336 e. The summed E-state index contributed by atoms with van der Waals surface area (Å²) in [4.78, 5) is 26.4. The van der Waals surface area contributed by atoms with Gasteiger partial charge < -0.3 is 0 Å². The first-order chi connectivity index (χ1) is 13.1. The van der Waals surface area contributed by atoms with Crippen LogP contribution in [0, 0.1) is 13.8 Å². The molecular formula is C23H20N2O2. The first kappa shape index (κ1) is 17.0. The summed E-state index contributed by atoms with van der Waals surface area (Å²) in [6, 6.07) is 22.7. The summed E-state index contributed by atoms with van der Waals surface area (Å²) < 4.78 is 2.94. The molecule has 4 heteroatoms. The Kier molecular flexibility index (Phi) is 4.24. The van der Waals surface area contributed by atoms with Crippen LogP contribution < -0.4 is 11.2 Å². The quantitative estimate of drug-likeness (QED) is 0.560. The Morgan fingerprint density at radius 1 is 0.778 bits per heavy atom. The minimum atomic E-state index is -0.328. The minimum Gasteiger partial charge on any atom is -0.288 e. The van der Waals surface area contributed by atoms with Crippen molar-refractivity contribution in [3.8, 4) is 5.69 Å². The van der Waals surface area contributed by atoms with Crippen LogP contribution in [0.3, 0.4) is 0 Å². The van der Waals surface area contributed by atoms with Crippen LogP contribution in [0.1, 0.15) is 16.7 Å². The lowest BCUT2D eigenvalue weighted by atomic mass is 10.1. The highest BCUT2D eigenvalue weighted by molar-refractivity contribution is 5.78. The molecule has 4 rings (SSSR count). The molecule has 0 aliphatic heterocycles. The third kappa shape index (κ3) is 2.99. The molecule has 4 nitrogen and oxygen atoms in total. The monoisotopic (exact) mass is 356 g/mol. The molecule has 0 amide bonds. The van der Waals surface area contributed by atoms with Gasteiger partial charge in [0.2, 0.25) is 0 Å². The van der Waals surface area contributed by atoms with E-state index in [0.717, 1.165) is 16.7 Å². The second-order valence-corrected chi connectivity index (χ2v) is 6.78. The second-order valence-electron chi connectivity index (χ2n) is 6.78. The number of aryl methyl sites for hydroxylation is 2. The van der Waals surface area contributed by atoms with E-state index in [9.17, 15) is 9.59 Å². The third-order valence-electron chi connectivity index (χ3n) is 4.98. The average molecular weight is 356 g/mol. The summed E-state index contributed by atoms with van der Waals surface area (Å²) >= 11 is 0. The number of nitrogens with zero attached hydrogens (tertiary/aromatic N) is 2. The molecule has 4 aromatic rings. The lowest BCUT2D eigenvalue weighted by Gasteiger charge is -2.15. The minimum absolute atomic E-state index is 0.289. The number of hydrogen-bond acceptors (Lipinski definition) is 2. The topological polar surface area (TPSA) is 44.0 Å². The van der Waals surface area contributed by atoms with Crippen molar-refractivity contribution in [2.75, 3.05) is 0 Å². The lowest BCUT2D eigenvalue weighted by Crippen LogP contribution is -2.39. The molecule has 0 radical (unpaired) electrons. The summed E-state index contributed by atoms with van der Waals surface area (Å²) in [6.07, 6.45) is 0. The molecule has 0 bridgehead atoms. The Labute approximate surface area is 157 Å². The first-order valence-corrected chi connectivity index (χ1v) is 8.92. The molecule has 0 N–H and O–H groups in total. The number of fused-ring (bicyclic) bond motifs is 1. The van der Waals surface area contributed by atoms with E-state index in [1.807, 2.05) is 80.6 Å². The highest BCUT2D eigenvalue weighted by Gasteiger charge is 2.15. The lowest BCUT2D eigenvalue weighted by molar-refractivity contribution is 0.714. The predicted octanol–water partition coefficient (Wildman–Crippen LogP) is 3.82. The predicted molar refractivity (Wildman–Crippen MR) is 109 cm³/mol. The van der Waals surface area contributed by atoms with Gasteiger partial charge in [0, 0.05) is 0 Å². The summed E-state index contributed by atoms with van der Waals surface area (Å²) in [5.41, 5.74) is 3.81. The smallest absolute Gasteiger partial charge is 0.288 e. The van der Waals surface area contributed by atoms with Crippen molar-refractivity contribution in [3.63, 3.8) is 0 Å². The van der Waals surface area contributed by atoms with Gasteiger partial charge in [0.15, 0.2) is 0 Å². The van der Waals surface area contributed by atoms with Crippen molar-refractivity contribution < 1.29 is 0 Å². The molecule has 1 aromatic heterocycles.